The minimum atomic E-state index is -0.950. The average molecular weight is 340 g/mol. The van der Waals surface area contributed by atoms with Crippen molar-refractivity contribution >= 4 is 17.2 Å². The van der Waals surface area contributed by atoms with Gasteiger partial charge in [-0.2, -0.15) is 0 Å². The number of carbonyl (C=O) groups excluding carboxylic acids is 1. The molecule has 0 aliphatic carbocycles. The highest BCUT2D eigenvalue weighted by molar-refractivity contribution is 7.13. The molecule has 0 unspecified atom stereocenters. The first-order valence-electron chi connectivity index (χ1n) is 7.12. The number of aliphatic hydroxyl groups excluding tert-OH is 1. The van der Waals surface area contributed by atoms with Crippen LogP contribution in [0.5, 0.6) is 0 Å². The minimum absolute atomic E-state index is 0.0554. The first-order valence-corrected chi connectivity index (χ1v) is 8.00. The normalized spacial score (nSPS) is 11.5. The van der Waals surface area contributed by atoms with Crippen LogP contribution < -0.4 is 5.32 Å². The van der Waals surface area contributed by atoms with Gasteiger partial charge in [-0.25, -0.2) is 13.8 Å². The van der Waals surface area contributed by atoms with Crippen molar-refractivity contribution in [2.45, 2.75) is 20.3 Å². The third-order valence-corrected chi connectivity index (χ3v) is 4.31. The summed E-state index contributed by atoms with van der Waals surface area (Å²) in [6.07, 6.45) is 0.574. The predicted molar refractivity (Wildman–Crippen MR) is 85.3 cm³/mol. The molecule has 0 aliphatic rings. The van der Waals surface area contributed by atoms with Crippen LogP contribution in [0.3, 0.4) is 0 Å². The second kappa shape index (κ2) is 7.14. The second-order valence-electron chi connectivity index (χ2n) is 5.99. The summed E-state index contributed by atoms with van der Waals surface area (Å²) in [6.45, 7) is 4.35. The molecule has 124 valence electrons. The van der Waals surface area contributed by atoms with Gasteiger partial charge in [0.2, 0.25) is 0 Å². The van der Waals surface area contributed by atoms with E-state index in [1.165, 1.54) is 17.4 Å². The van der Waals surface area contributed by atoms with Crippen LogP contribution in [-0.4, -0.2) is 29.1 Å². The predicted octanol–water partition coefficient (Wildman–Crippen LogP) is 3.23. The van der Waals surface area contributed by atoms with Gasteiger partial charge in [-0.15, -0.1) is 11.3 Å². The van der Waals surface area contributed by atoms with Crippen LogP contribution in [0.1, 0.15) is 30.8 Å². The van der Waals surface area contributed by atoms with E-state index >= 15 is 0 Å². The Balaban J connectivity index is 2.06. The highest BCUT2D eigenvalue weighted by Gasteiger charge is 2.20. The molecular weight excluding hydrogens is 322 g/mol. The number of nitrogens with one attached hydrogen (secondary N) is 1. The Labute approximate surface area is 137 Å². The molecule has 4 nitrogen and oxygen atoms in total. The van der Waals surface area contributed by atoms with Gasteiger partial charge in [0.05, 0.1) is 0 Å². The molecular formula is C16H18F2N2O2S. The molecule has 0 radical (unpaired) electrons. The van der Waals surface area contributed by atoms with Crippen LogP contribution in [-0.2, 0) is 0 Å². The molecule has 1 heterocycles. The van der Waals surface area contributed by atoms with Crippen molar-refractivity contribution in [3.63, 3.8) is 0 Å². The number of aromatic nitrogens is 1. The van der Waals surface area contributed by atoms with E-state index < -0.39 is 11.6 Å². The lowest BCUT2D eigenvalue weighted by Gasteiger charge is -2.23. The van der Waals surface area contributed by atoms with Gasteiger partial charge in [0.25, 0.3) is 5.91 Å². The summed E-state index contributed by atoms with van der Waals surface area (Å²) in [4.78, 5) is 16.3. The van der Waals surface area contributed by atoms with Crippen molar-refractivity contribution in [3.8, 4) is 10.6 Å². The number of hydrogen-bond donors (Lipinski definition) is 2. The molecule has 1 aromatic carbocycles. The van der Waals surface area contributed by atoms with E-state index in [-0.39, 0.29) is 23.6 Å². The number of nitrogens with zero attached hydrogens (tertiary/aromatic N) is 1. The van der Waals surface area contributed by atoms with Crippen LogP contribution in [0.2, 0.25) is 0 Å². The van der Waals surface area contributed by atoms with Gasteiger partial charge in [-0.1, -0.05) is 13.8 Å². The van der Waals surface area contributed by atoms with Crippen molar-refractivity contribution in [1.82, 2.24) is 10.3 Å². The van der Waals surface area contributed by atoms with Crippen molar-refractivity contribution < 1.29 is 18.7 Å². The molecule has 2 N–H and O–H groups in total. The Morgan fingerprint density at radius 1 is 1.35 bits per heavy atom. The number of aliphatic hydroxyl groups is 1. The number of rotatable bonds is 6. The summed E-state index contributed by atoms with van der Waals surface area (Å²) in [7, 11) is 0. The Bertz CT molecular complexity index is 701. The fourth-order valence-electron chi connectivity index (χ4n) is 1.94. The van der Waals surface area contributed by atoms with Crippen molar-refractivity contribution in [1.29, 1.82) is 0 Å². The zero-order valence-corrected chi connectivity index (χ0v) is 13.7. The van der Waals surface area contributed by atoms with E-state index in [0.29, 0.717) is 23.5 Å². The molecule has 0 fully saturated rings. The summed E-state index contributed by atoms with van der Waals surface area (Å²) in [6, 6.07) is 3.51. The third kappa shape index (κ3) is 4.56. The smallest absolute Gasteiger partial charge is 0.270 e. The Kier molecular flexibility index (Phi) is 5.43. The summed E-state index contributed by atoms with van der Waals surface area (Å²) in [5.41, 5.74) is 0.437. The molecule has 1 amide bonds. The van der Waals surface area contributed by atoms with Crippen LogP contribution >= 0.6 is 11.3 Å². The molecule has 0 saturated carbocycles. The number of hydrogen-bond acceptors (Lipinski definition) is 4. The summed E-state index contributed by atoms with van der Waals surface area (Å²) in [5, 5.41) is 13.8. The van der Waals surface area contributed by atoms with Gasteiger partial charge in [0, 0.05) is 24.1 Å². The zero-order valence-electron chi connectivity index (χ0n) is 12.9. The van der Waals surface area contributed by atoms with Crippen LogP contribution in [0.15, 0.2) is 23.6 Å². The summed E-state index contributed by atoms with van der Waals surface area (Å²) in [5.74, 6) is -2.20. The lowest BCUT2D eigenvalue weighted by atomic mass is 9.90. The van der Waals surface area contributed by atoms with Crippen LogP contribution in [0.25, 0.3) is 10.6 Å². The third-order valence-electron chi connectivity index (χ3n) is 3.42. The zero-order chi connectivity index (χ0) is 17.0. The molecule has 0 atom stereocenters. The van der Waals surface area contributed by atoms with Gasteiger partial charge >= 0.3 is 0 Å². The quantitative estimate of drug-likeness (QED) is 0.849. The Morgan fingerprint density at radius 3 is 2.74 bits per heavy atom. The molecule has 7 heteroatoms. The SMILES string of the molecule is CC(C)(CCO)CNC(=O)c1csc(-c2ccc(F)c(F)c2)n1. The van der Waals surface area contributed by atoms with Gasteiger partial charge in [0.15, 0.2) is 11.6 Å². The van der Waals surface area contributed by atoms with E-state index in [1.54, 1.807) is 5.38 Å². The van der Waals surface area contributed by atoms with Crippen LogP contribution in [0.4, 0.5) is 8.78 Å². The van der Waals surface area contributed by atoms with Gasteiger partial charge < -0.3 is 10.4 Å². The second-order valence-corrected chi connectivity index (χ2v) is 6.85. The maximum atomic E-state index is 13.3. The molecule has 0 saturated heterocycles. The molecule has 2 rings (SSSR count). The number of halogens is 2. The standard InChI is InChI=1S/C16H18F2N2O2S/c1-16(2,5-6-21)9-19-14(22)13-8-23-15(20-13)10-3-4-11(17)12(18)7-10/h3-4,7-8,21H,5-6,9H2,1-2H3,(H,19,22). The van der Waals surface area contributed by atoms with E-state index in [1.807, 2.05) is 13.8 Å². The monoisotopic (exact) mass is 340 g/mol. The van der Waals surface area contributed by atoms with E-state index in [9.17, 15) is 13.6 Å². The van der Waals surface area contributed by atoms with Crippen molar-refractivity contribution in [3.05, 3.63) is 40.9 Å². The fraction of sp³-hybridized carbons (Fsp3) is 0.375. The number of thiazole rings is 1. The maximum absolute atomic E-state index is 13.3. The van der Waals surface area contributed by atoms with Crippen molar-refractivity contribution in [2.75, 3.05) is 13.2 Å². The molecule has 2 aromatic rings. The van der Waals surface area contributed by atoms with E-state index in [4.69, 9.17) is 5.11 Å². The van der Waals surface area contributed by atoms with Gasteiger partial charge in [-0.05, 0) is 30.0 Å². The number of carbonyl (C=O) groups is 1. The maximum Gasteiger partial charge on any atom is 0.270 e. The summed E-state index contributed by atoms with van der Waals surface area (Å²) >= 11 is 1.19. The highest BCUT2D eigenvalue weighted by Crippen LogP contribution is 2.25. The number of benzene rings is 1. The first-order chi connectivity index (χ1) is 10.8. The molecule has 1 aromatic heterocycles. The average Bonchev–Trinajstić information content (AvgIpc) is 2.97. The summed E-state index contributed by atoms with van der Waals surface area (Å²) < 4.78 is 26.2. The minimum Gasteiger partial charge on any atom is -0.396 e. The van der Waals surface area contributed by atoms with Gasteiger partial charge in [0.1, 0.15) is 10.7 Å². The molecule has 23 heavy (non-hydrogen) atoms. The largest absolute Gasteiger partial charge is 0.396 e. The number of amides is 1. The Morgan fingerprint density at radius 2 is 2.09 bits per heavy atom. The molecule has 0 aliphatic heterocycles. The highest BCUT2D eigenvalue weighted by atomic mass is 32.1. The lowest BCUT2D eigenvalue weighted by Crippen LogP contribution is -2.34. The van der Waals surface area contributed by atoms with Crippen molar-refractivity contribution in [2.24, 2.45) is 5.41 Å². The first kappa shape index (κ1) is 17.5. The van der Waals surface area contributed by atoms with E-state index in [2.05, 4.69) is 10.3 Å². The molecule has 0 spiro atoms. The Hall–Kier alpha value is -1.86. The van der Waals surface area contributed by atoms with E-state index in [0.717, 1.165) is 12.1 Å². The fourth-order valence-corrected chi connectivity index (χ4v) is 2.74. The molecule has 0 bridgehead atoms. The van der Waals surface area contributed by atoms with Crippen LogP contribution in [0, 0.1) is 17.0 Å². The topological polar surface area (TPSA) is 62.2 Å². The lowest BCUT2D eigenvalue weighted by molar-refractivity contribution is 0.0924. The van der Waals surface area contributed by atoms with Gasteiger partial charge in [-0.3, -0.25) is 4.79 Å².